The molecule has 0 bridgehead atoms. The highest BCUT2D eigenvalue weighted by atomic mass is 32.1. The second kappa shape index (κ2) is 5.41. The Kier molecular flexibility index (Phi) is 4.44. The third-order valence-electron chi connectivity index (χ3n) is 2.09. The van der Waals surface area contributed by atoms with Crippen molar-refractivity contribution < 1.29 is 4.79 Å². The Balaban J connectivity index is 2.50. The summed E-state index contributed by atoms with van der Waals surface area (Å²) in [6.07, 6.45) is 1.75. The van der Waals surface area contributed by atoms with Gasteiger partial charge in [-0.3, -0.25) is 4.79 Å². The molecule has 1 aromatic rings. The highest BCUT2D eigenvalue weighted by Gasteiger charge is 2.25. The number of nitrogens with zero attached hydrogens (tertiary/aromatic N) is 1. The van der Waals surface area contributed by atoms with Crippen LogP contribution in [0.5, 0.6) is 0 Å². The summed E-state index contributed by atoms with van der Waals surface area (Å²) >= 11 is 1.55. The zero-order valence-electron chi connectivity index (χ0n) is 10.2. The first-order chi connectivity index (χ1) is 7.42. The van der Waals surface area contributed by atoms with Crippen LogP contribution in [0.25, 0.3) is 0 Å². The normalized spacial score (nSPS) is 11.8. The van der Waals surface area contributed by atoms with Crippen molar-refractivity contribution in [2.24, 2.45) is 0 Å². The largest absolute Gasteiger partial charge is 0.344 e. The Morgan fingerprint density at radius 2 is 2.25 bits per heavy atom. The highest BCUT2D eigenvalue weighted by molar-refractivity contribution is 7.09. The van der Waals surface area contributed by atoms with E-state index in [2.05, 4.69) is 15.6 Å². The molecule has 16 heavy (non-hydrogen) atoms. The van der Waals surface area contributed by atoms with Crippen molar-refractivity contribution in [2.75, 3.05) is 6.54 Å². The number of nitrogens with one attached hydrogen (secondary N) is 2. The molecular weight excluding hydrogens is 222 g/mol. The molecular formula is C11H19N3OS. The van der Waals surface area contributed by atoms with E-state index in [0.29, 0.717) is 12.6 Å². The van der Waals surface area contributed by atoms with Gasteiger partial charge in [-0.15, -0.1) is 11.3 Å². The van der Waals surface area contributed by atoms with Gasteiger partial charge in [0.25, 0.3) is 0 Å². The third kappa shape index (κ3) is 3.90. The Hall–Kier alpha value is -0.940. The maximum Gasteiger partial charge on any atom is 0.234 e. The van der Waals surface area contributed by atoms with Crippen LogP contribution in [0, 0.1) is 0 Å². The molecule has 0 fully saturated rings. The summed E-state index contributed by atoms with van der Waals surface area (Å²) < 4.78 is 0. The van der Waals surface area contributed by atoms with Gasteiger partial charge in [0.2, 0.25) is 5.91 Å². The molecule has 1 rings (SSSR count). The number of aromatic nitrogens is 1. The van der Waals surface area contributed by atoms with E-state index in [-0.39, 0.29) is 5.91 Å². The molecule has 1 amide bonds. The van der Waals surface area contributed by atoms with Crippen molar-refractivity contribution in [2.45, 2.75) is 39.3 Å². The molecule has 0 atom stereocenters. The number of carbonyl (C=O) groups is 1. The minimum absolute atomic E-state index is 0.00565. The second-order valence-corrected chi connectivity index (χ2v) is 5.44. The third-order valence-corrected chi connectivity index (χ3v) is 3.19. The topological polar surface area (TPSA) is 54.0 Å². The van der Waals surface area contributed by atoms with Gasteiger partial charge in [0.15, 0.2) is 0 Å². The van der Waals surface area contributed by atoms with Crippen LogP contribution >= 0.6 is 11.3 Å². The van der Waals surface area contributed by atoms with E-state index >= 15 is 0 Å². The van der Waals surface area contributed by atoms with Crippen LogP contribution in [0.1, 0.15) is 32.7 Å². The van der Waals surface area contributed by atoms with Crippen LogP contribution in [0.4, 0.5) is 0 Å². The van der Waals surface area contributed by atoms with Gasteiger partial charge in [-0.25, -0.2) is 4.98 Å². The maximum atomic E-state index is 11.7. The number of amides is 1. The number of thiazole rings is 1. The van der Waals surface area contributed by atoms with E-state index in [9.17, 15) is 4.79 Å². The zero-order valence-corrected chi connectivity index (χ0v) is 11.0. The summed E-state index contributed by atoms with van der Waals surface area (Å²) in [6, 6.07) is 0.314. The van der Waals surface area contributed by atoms with Crippen LogP contribution < -0.4 is 10.6 Å². The minimum Gasteiger partial charge on any atom is -0.344 e. The van der Waals surface area contributed by atoms with Gasteiger partial charge in [-0.2, -0.15) is 0 Å². The van der Waals surface area contributed by atoms with Gasteiger partial charge in [0.05, 0.1) is 12.1 Å². The van der Waals surface area contributed by atoms with Gasteiger partial charge in [0, 0.05) is 17.6 Å². The summed E-state index contributed by atoms with van der Waals surface area (Å²) in [5.41, 5.74) is -0.399. The maximum absolute atomic E-state index is 11.7. The van der Waals surface area contributed by atoms with E-state index in [0.717, 1.165) is 5.01 Å². The van der Waals surface area contributed by atoms with Gasteiger partial charge in [-0.05, 0) is 13.8 Å². The molecule has 4 nitrogen and oxygen atoms in total. The van der Waals surface area contributed by atoms with Crippen LogP contribution in [-0.4, -0.2) is 23.5 Å². The molecule has 2 N–H and O–H groups in total. The van der Waals surface area contributed by atoms with Crippen LogP contribution in [0.2, 0.25) is 0 Å². The van der Waals surface area contributed by atoms with Gasteiger partial charge in [-0.1, -0.05) is 13.8 Å². The van der Waals surface area contributed by atoms with E-state index < -0.39 is 5.54 Å². The average Bonchev–Trinajstić information content (AvgIpc) is 2.67. The summed E-state index contributed by atoms with van der Waals surface area (Å²) in [6.45, 7) is 8.28. The van der Waals surface area contributed by atoms with Crippen molar-refractivity contribution >= 4 is 17.2 Å². The van der Waals surface area contributed by atoms with Crippen molar-refractivity contribution in [3.05, 3.63) is 16.6 Å². The lowest BCUT2D eigenvalue weighted by atomic mass is 10.1. The first kappa shape index (κ1) is 13.1. The molecule has 0 saturated carbocycles. The Morgan fingerprint density at radius 1 is 1.56 bits per heavy atom. The summed E-state index contributed by atoms with van der Waals surface area (Å²) in [4.78, 5) is 15.9. The minimum atomic E-state index is -0.399. The predicted molar refractivity (Wildman–Crippen MR) is 66.4 cm³/mol. The summed E-state index contributed by atoms with van der Waals surface area (Å²) in [5.74, 6) is -0.00565. The molecule has 0 saturated heterocycles. The lowest BCUT2D eigenvalue weighted by molar-refractivity contribution is -0.122. The fourth-order valence-corrected chi connectivity index (χ4v) is 1.99. The first-order valence-electron chi connectivity index (χ1n) is 5.36. The van der Waals surface area contributed by atoms with Crippen molar-refractivity contribution in [3.8, 4) is 0 Å². The fourth-order valence-electron chi connectivity index (χ4n) is 1.28. The predicted octanol–water partition coefficient (Wildman–Crippen LogP) is 1.49. The molecule has 0 aliphatic carbocycles. The molecule has 5 heteroatoms. The highest BCUT2D eigenvalue weighted by Crippen LogP contribution is 2.21. The van der Waals surface area contributed by atoms with Crippen LogP contribution in [0.15, 0.2) is 11.6 Å². The molecule has 1 heterocycles. The Bertz CT molecular complexity index is 333. The van der Waals surface area contributed by atoms with Gasteiger partial charge < -0.3 is 10.6 Å². The molecule has 0 aliphatic rings. The molecule has 1 aromatic heterocycles. The van der Waals surface area contributed by atoms with Crippen LogP contribution in [0.3, 0.4) is 0 Å². The van der Waals surface area contributed by atoms with Crippen molar-refractivity contribution in [1.82, 2.24) is 15.6 Å². The lowest BCUT2D eigenvalue weighted by Crippen LogP contribution is -2.45. The quantitative estimate of drug-likeness (QED) is 0.821. The van der Waals surface area contributed by atoms with E-state index in [1.165, 1.54) is 0 Å². The molecule has 0 spiro atoms. The molecule has 0 aromatic carbocycles. The molecule has 0 radical (unpaired) electrons. The lowest BCUT2D eigenvalue weighted by Gasteiger charge is -2.24. The van der Waals surface area contributed by atoms with Crippen molar-refractivity contribution in [1.29, 1.82) is 0 Å². The van der Waals surface area contributed by atoms with Gasteiger partial charge >= 0.3 is 0 Å². The number of rotatable bonds is 5. The Morgan fingerprint density at radius 3 is 2.75 bits per heavy atom. The molecule has 0 aliphatic heterocycles. The smallest absolute Gasteiger partial charge is 0.234 e. The second-order valence-electron chi connectivity index (χ2n) is 4.55. The van der Waals surface area contributed by atoms with E-state index in [1.54, 1.807) is 17.5 Å². The fraction of sp³-hybridized carbons (Fsp3) is 0.636. The SMILES string of the molecule is CC(C)NCC(=O)NC(C)(C)c1nccs1. The molecule has 0 unspecified atom stereocenters. The monoisotopic (exact) mass is 241 g/mol. The number of hydrogen-bond acceptors (Lipinski definition) is 4. The van der Waals surface area contributed by atoms with Crippen LogP contribution in [-0.2, 0) is 10.3 Å². The first-order valence-corrected chi connectivity index (χ1v) is 6.24. The Labute approximate surface area is 100 Å². The number of hydrogen-bond donors (Lipinski definition) is 2. The zero-order chi connectivity index (χ0) is 12.2. The summed E-state index contributed by atoms with van der Waals surface area (Å²) in [7, 11) is 0. The average molecular weight is 241 g/mol. The van der Waals surface area contributed by atoms with Gasteiger partial charge in [0.1, 0.15) is 5.01 Å². The van der Waals surface area contributed by atoms with E-state index in [4.69, 9.17) is 0 Å². The summed E-state index contributed by atoms with van der Waals surface area (Å²) in [5, 5.41) is 8.88. The molecule has 90 valence electrons. The number of carbonyl (C=O) groups excluding carboxylic acids is 1. The standard InChI is InChI=1S/C11H19N3OS/c1-8(2)13-7-9(15)14-11(3,4)10-12-5-6-16-10/h5-6,8,13H,7H2,1-4H3,(H,14,15). The van der Waals surface area contributed by atoms with E-state index in [1.807, 2.05) is 33.1 Å². The van der Waals surface area contributed by atoms with Crippen molar-refractivity contribution in [3.63, 3.8) is 0 Å².